The van der Waals surface area contributed by atoms with Crippen LogP contribution in [0.1, 0.15) is 25.3 Å². The standard InChI is InChI=1S/C22H23ClN4OS/c1-16(21(28)26-13-5-6-14-26)29-22-25-24-20(18-9-11-19(23)12-10-18)27(22)15-17-7-3-2-4-8-17/h2-4,7-12,16H,5-6,13-15H2,1H3. The van der Waals surface area contributed by atoms with E-state index in [1.165, 1.54) is 11.8 Å². The van der Waals surface area contributed by atoms with Crippen LogP contribution >= 0.6 is 23.4 Å². The molecule has 0 bridgehead atoms. The Labute approximate surface area is 180 Å². The van der Waals surface area contributed by atoms with Gasteiger partial charge in [-0.15, -0.1) is 10.2 Å². The van der Waals surface area contributed by atoms with Gasteiger partial charge in [0.2, 0.25) is 5.91 Å². The summed E-state index contributed by atoms with van der Waals surface area (Å²) in [4.78, 5) is 14.7. The van der Waals surface area contributed by atoms with Gasteiger partial charge in [0.05, 0.1) is 11.8 Å². The van der Waals surface area contributed by atoms with Crippen LogP contribution in [0.5, 0.6) is 0 Å². The number of benzene rings is 2. The summed E-state index contributed by atoms with van der Waals surface area (Å²) in [7, 11) is 0. The summed E-state index contributed by atoms with van der Waals surface area (Å²) in [6, 6.07) is 17.8. The van der Waals surface area contributed by atoms with E-state index in [1.807, 2.05) is 54.3 Å². The Balaban J connectivity index is 1.63. The van der Waals surface area contributed by atoms with Gasteiger partial charge in [0.1, 0.15) is 0 Å². The maximum atomic E-state index is 12.8. The summed E-state index contributed by atoms with van der Waals surface area (Å²) in [6.07, 6.45) is 2.18. The van der Waals surface area contributed by atoms with Gasteiger partial charge in [-0.2, -0.15) is 0 Å². The normalized spacial score (nSPS) is 14.9. The van der Waals surface area contributed by atoms with E-state index in [0.717, 1.165) is 48.0 Å². The first kappa shape index (κ1) is 20.0. The molecule has 3 aromatic rings. The SMILES string of the molecule is CC(Sc1nnc(-c2ccc(Cl)cc2)n1Cc1ccccc1)C(=O)N1CCCC1. The molecule has 1 unspecified atom stereocenters. The van der Waals surface area contributed by atoms with Crippen LogP contribution in [0, 0.1) is 0 Å². The molecule has 2 aromatic carbocycles. The van der Waals surface area contributed by atoms with Gasteiger partial charge in [-0.3, -0.25) is 9.36 Å². The lowest BCUT2D eigenvalue weighted by atomic mass is 10.2. The number of carbonyl (C=O) groups excluding carboxylic acids is 1. The molecule has 1 amide bonds. The van der Waals surface area contributed by atoms with E-state index in [4.69, 9.17) is 11.6 Å². The molecule has 1 atom stereocenters. The first-order valence-electron chi connectivity index (χ1n) is 9.80. The minimum Gasteiger partial charge on any atom is -0.342 e. The monoisotopic (exact) mass is 426 g/mol. The van der Waals surface area contributed by atoms with E-state index in [-0.39, 0.29) is 11.2 Å². The maximum Gasteiger partial charge on any atom is 0.235 e. The quantitative estimate of drug-likeness (QED) is 0.534. The van der Waals surface area contributed by atoms with Crippen LogP contribution in [0.4, 0.5) is 0 Å². The Morgan fingerprint density at radius 3 is 2.45 bits per heavy atom. The molecule has 5 nitrogen and oxygen atoms in total. The Morgan fingerprint density at radius 1 is 1.07 bits per heavy atom. The molecule has 1 aliphatic heterocycles. The average molecular weight is 427 g/mol. The zero-order valence-electron chi connectivity index (χ0n) is 16.3. The second kappa shape index (κ2) is 9.01. The number of hydrogen-bond acceptors (Lipinski definition) is 4. The topological polar surface area (TPSA) is 51.0 Å². The summed E-state index contributed by atoms with van der Waals surface area (Å²) < 4.78 is 2.08. The number of carbonyl (C=O) groups is 1. The van der Waals surface area contributed by atoms with Crippen molar-refractivity contribution < 1.29 is 4.79 Å². The lowest BCUT2D eigenvalue weighted by Crippen LogP contribution is -2.34. The summed E-state index contributed by atoms with van der Waals surface area (Å²) >= 11 is 7.53. The first-order valence-corrected chi connectivity index (χ1v) is 11.1. The fourth-order valence-corrected chi connectivity index (χ4v) is 4.56. The number of aromatic nitrogens is 3. The number of rotatable bonds is 6. The van der Waals surface area contributed by atoms with Gasteiger partial charge in [-0.25, -0.2) is 0 Å². The van der Waals surface area contributed by atoms with Crippen LogP contribution in [-0.2, 0) is 11.3 Å². The number of thioether (sulfide) groups is 1. The fourth-order valence-electron chi connectivity index (χ4n) is 3.50. The average Bonchev–Trinajstić information content (AvgIpc) is 3.40. The third-order valence-electron chi connectivity index (χ3n) is 5.05. The third-order valence-corrected chi connectivity index (χ3v) is 6.37. The molecule has 0 N–H and O–H groups in total. The van der Waals surface area contributed by atoms with Gasteiger partial charge in [0, 0.05) is 23.7 Å². The molecule has 0 radical (unpaired) electrons. The highest BCUT2D eigenvalue weighted by atomic mass is 35.5. The molecule has 1 aliphatic rings. The van der Waals surface area contributed by atoms with Gasteiger partial charge in [0.25, 0.3) is 0 Å². The first-order chi connectivity index (χ1) is 14.1. The van der Waals surface area contributed by atoms with Gasteiger partial charge in [-0.05, 0) is 49.6 Å². The Hall–Kier alpha value is -2.31. The Kier molecular flexibility index (Phi) is 6.21. The van der Waals surface area contributed by atoms with Gasteiger partial charge in [-0.1, -0.05) is 53.7 Å². The highest BCUT2D eigenvalue weighted by Gasteiger charge is 2.26. The Bertz CT molecular complexity index is 968. The predicted molar refractivity (Wildman–Crippen MR) is 117 cm³/mol. The van der Waals surface area contributed by atoms with E-state index in [9.17, 15) is 4.79 Å². The molecule has 1 saturated heterocycles. The molecule has 7 heteroatoms. The lowest BCUT2D eigenvalue weighted by molar-refractivity contribution is -0.129. The van der Waals surface area contributed by atoms with Crippen molar-refractivity contribution in [2.45, 2.75) is 36.7 Å². The van der Waals surface area contributed by atoms with Crippen LogP contribution in [-0.4, -0.2) is 43.9 Å². The number of likely N-dealkylation sites (tertiary alicyclic amines) is 1. The van der Waals surface area contributed by atoms with Crippen LogP contribution in [0.25, 0.3) is 11.4 Å². The zero-order valence-corrected chi connectivity index (χ0v) is 17.9. The van der Waals surface area contributed by atoms with Crippen LogP contribution in [0.15, 0.2) is 59.8 Å². The van der Waals surface area contributed by atoms with E-state index < -0.39 is 0 Å². The van der Waals surface area contributed by atoms with Crippen LogP contribution < -0.4 is 0 Å². The largest absolute Gasteiger partial charge is 0.342 e. The fraction of sp³-hybridized carbons (Fsp3) is 0.318. The van der Waals surface area contributed by atoms with Crippen molar-refractivity contribution in [1.82, 2.24) is 19.7 Å². The Morgan fingerprint density at radius 2 is 1.76 bits per heavy atom. The van der Waals surface area contributed by atoms with E-state index >= 15 is 0 Å². The molecule has 0 aliphatic carbocycles. The smallest absolute Gasteiger partial charge is 0.235 e. The molecule has 150 valence electrons. The van der Waals surface area contributed by atoms with E-state index in [2.05, 4.69) is 26.9 Å². The number of halogens is 1. The molecule has 0 saturated carbocycles. The maximum absolute atomic E-state index is 12.8. The molecular weight excluding hydrogens is 404 g/mol. The summed E-state index contributed by atoms with van der Waals surface area (Å²) in [5.74, 6) is 0.948. The lowest BCUT2D eigenvalue weighted by Gasteiger charge is -2.20. The van der Waals surface area contributed by atoms with Crippen molar-refractivity contribution in [3.8, 4) is 11.4 Å². The van der Waals surface area contributed by atoms with Crippen LogP contribution in [0.2, 0.25) is 5.02 Å². The molecule has 29 heavy (non-hydrogen) atoms. The van der Waals surface area contributed by atoms with Gasteiger partial charge >= 0.3 is 0 Å². The van der Waals surface area contributed by atoms with Gasteiger partial charge in [0.15, 0.2) is 11.0 Å². The zero-order chi connectivity index (χ0) is 20.2. The molecule has 1 aromatic heterocycles. The van der Waals surface area contributed by atoms with Crippen molar-refractivity contribution in [3.63, 3.8) is 0 Å². The minimum absolute atomic E-state index is 0.176. The van der Waals surface area contributed by atoms with Crippen molar-refractivity contribution in [2.75, 3.05) is 13.1 Å². The number of nitrogens with zero attached hydrogens (tertiary/aromatic N) is 4. The molecule has 1 fully saturated rings. The van der Waals surface area contributed by atoms with Crippen molar-refractivity contribution in [3.05, 3.63) is 65.2 Å². The van der Waals surface area contributed by atoms with Crippen molar-refractivity contribution in [2.24, 2.45) is 0 Å². The van der Waals surface area contributed by atoms with Crippen molar-refractivity contribution >= 4 is 29.3 Å². The second-order valence-corrected chi connectivity index (χ2v) is 8.92. The van der Waals surface area contributed by atoms with Crippen LogP contribution in [0.3, 0.4) is 0 Å². The third kappa shape index (κ3) is 4.65. The van der Waals surface area contributed by atoms with Crippen molar-refractivity contribution in [1.29, 1.82) is 0 Å². The molecule has 2 heterocycles. The second-order valence-electron chi connectivity index (χ2n) is 7.18. The van der Waals surface area contributed by atoms with E-state index in [1.54, 1.807) is 0 Å². The summed E-state index contributed by atoms with van der Waals surface area (Å²) in [5, 5.41) is 10.1. The highest BCUT2D eigenvalue weighted by molar-refractivity contribution is 8.00. The van der Waals surface area contributed by atoms with E-state index in [0.29, 0.717) is 11.6 Å². The minimum atomic E-state index is -0.204. The summed E-state index contributed by atoms with van der Waals surface area (Å²) in [6.45, 7) is 4.31. The molecule has 0 spiro atoms. The number of hydrogen-bond donors (Lipinski definition) is 0. The van der Waals surface area contributed by atoms with Gasteiger partial charge < -0.3 is 4.90 Å². The number of amides is 1. The molecular formula is C22H23ClN4OS. The highest BCUT2D eigenvalue weighted by Crippen LogP contribution is 2.29. The summed E-state index contributed by atoms with van der Waals surface area (Å²) in [5.41, 5.74) is 2.10. The predicted octanol–water partition coefficient (Wildman–Crippen LogP) is 4.75. The molecule has 4 rings (SSSR count).